The topological polar surface area (TPSA) is 85.1 Å². The predicted octanol–water partition coefficient (Wildman–Crippen LogP) is 0.375. The van der Waals surface area contributed by atoms with Gasteiger partial charge in [0.05, 0.1) is 19.8 Å². The van der Waals surface area contributed by atoms with Gasteiger partial charge >= 0.3 is 6.09 Å². The van der Waals surface area contributed by atoms with Gasteiger partial charge in [-0.1, -0.05) is 0 Å². The number of morpholine rings is 1. The Balaban J connectivity index is 1.75. The Morgan fingerprint density at radius 1 is 1.27 bits per heavy atom. The number of hydrogen-bond donors (Lipinski definition) is 1. The van der Waals surface area contributed by atoms with Crippen LogP contribution in [-0.4, -0.2) is 57.4 Å². The lowest BCUT2D eigenvalue weighted by Crippen LogP contribution is -2.46. The molecule has 0 saturated carbocycles. The number of benzene rings is 1. The molecule has 0 radical (unpaired) electrons. The Morgan fingerprint density at radius 3 is 2.64 bits per heavy atom. The van der Waals surface area contributed by atoms with Gasteiger partial charge in [-0.2, -0.15) is 0 Å². The van der Waals surface area contributed by atoms with E-state index in [0.29, 0.717) is 32.8 Å². The highest BCUT2D eigenvalue weighted by molar-refractivity contribution is 5.90. The summed E-state index contributed by atoms with van der Waals surface area (Å²) in [5.74, 6) is 0. The number of amides is 1. The zero-order valence-corrected chi connectivity index (χ0v) is 12.2. The number of nitrogens with two attached hydrogens (primary N) is 1. The largest absolute Gasteiger partial charge is 0.443 e. The third-order valence-electron chi connectivity index (χ3n) is 3.95. The molecular formula is C15H19N3O4. The molecule has 0 aromatic heterocycles. The van der Waals surface area contributed by atoms with Gasteiger partial charge in [-0.25, -0.2) is 4.79 Å². The van der Waals surface area contributed by atoms with E-state index < -0.39 is 0 Å². The summed E-state index contributed by atoms with van der Waals surface area (Å²) in [7, 11) is 0. The third-order valence-corrected chi connectivity index (χ3v) is 3.95. The summed E-state index contributed by atoms with van der Waals surface area (Å²) in [6.45, 7) is 2.45. The SMILES string of the molecule is NCC1CN(c2ccc(N3CCOC[C@H]3C=O)cc2)C(=O)O1. The van der Waals surface area contributed by atoms with Crippen molar-refractivity contribution in [1.82, 2.24) is 0 Å². The molecule has 1 unspecified atom stereocenters. The van der Waals surface area contributed by atoms with Gasteiger partial charge < -0.3 is 24.9 Å². The Hall–Kier alpha value is -2.12. The van der Waals surface area contributed by atoms with Crippen molar-refractivity contribution in [2.45, 2.75) is 12.1 Å². The van der Waals surface area contributed by atoms with Crippen LogP contribution in [0.25, 0.3) is 0 Å². The van der Waals surface area contributed by atoms with Crippen molar-refractivity contribution in [2.75, 3.05) is 42.6 Å². The molecule has 3 rings (SSSR count). The molecule has 118 valence electrons. The fourth-order valence-electron chi connectivity index (χ4n) is 2.74. The number of ether oxygens (including phenoxy) is 2. The van der Waals surface area contributed by atoms with Crippen LogP contribution in [0.1, 0.15) is 0 Å². The smallest absolute Gasteiger partial charge is 0.414 e. The van der Waals surface area contributed by atoms with Crippen molar-refractivity contribution in [1.29, 1.82) is 0 Å². The van der Waals surface area contributed by atoms with Crippen LogP contribution in [0.3, 0.4) is 0 Å². The van der Waals surface area contributed by atoms with E-state index in [4.69, 9.17) is 15.2 Å². The van der Waals surface area contributed by atoms with Crippen molar-refractivity contribution in [3.05, 3.63) is 24.3 Å². The molecule has 7 nitrogen and oxygen atoms in total. The summed E-state index contributed by atoms with van der Waals surface area (Å²) in [5, 5.41) is 0. The standard InChI is InChI=1S/C15H19N3O4/c16-7-14-8-18(15(20)22-14)12-3-1-11(2-4-12)17-5-6-21-10-13(17)9-19/h1-4,9,13-14H,5-8,10,16H2/t13-,14?/m1/s1. The molecule has 1 amide bonds. The first-order chi connectivity index (χ1) is 10.7. The van der Waals surface area contributed by atoms with Gasteiger partial charge in [-0.15, -0.1) is 0 Å². The fourth-order valence-corrected chi connectivity index (χ4v) is 2.74. The minimum Gasteiger partial charge on any atom is -0.443 e. The average Bonchev–Trinajstić information content (AvgIpc) is 2.96. The van der Waals surface area contributed by atoms with Crippen LogP contribution >= 0.6 is 0 Å². The van der Waals surface area contributed by atoms with Gasteiger partial charge in [-0.3, -0.25) is 4.90 Å². The van der Waals surface area contributed by atoms with Gasteiger partial charge in [0.1, 0.15) is 18.4 Å². The van der Waals surface area contributed by atoms with Crippen molar-refractivity contribution in [3.8, 4) is 0 Å². The number of nitrogens with zero attached hydrogens (tertiary/aromatic N) is 2. The molecule has 0 spiro atoms. The molecular weight excluding hydrogens is 286 g/mol. The second-order valence-corrected chi connectivity index (χ2v) is 5.34. The van der Waals surface area contributed by atoms with E-state index in [-0.39, 0.29) is 18.2 Å². The first-order valence-corrected chi connectivity index (χ1v) is 7.31. The van der Waals surface area contributed by atoms with Crippen molar-refractivity contribution < 1.29 is 19.1 Å². The zero-order valence-electron chi connectivity index (χ0n) is 12.2. The summed E-state index contributed by atoms with van der Waals surface area (Å²) in [4.78, 5) is 26.5. The van der Waals surface area contributed by atoms with E-state index in [0.717, 1.165) is 17.7 Å². The number of cyclic esters (lactones) is 1. The van der Waals surface area contributed by atoms with Crippen LogP contribution in [-0.2, 0) is 14.3 Å². The Morgan fingerprint density at radius 2 is 2.00 bits per heavy atom. The second-order valence-electron chi connectivity index (χ2n) is 5.34. The second kappa shape index (κ2) is 6.33. The summed E-state index contributed by atoms with van der Waals surface area (Å²) in [6.07, 6.45) is 0.266. The molecule has 2 heterocycles. The maximum atomic E-state index is 11.8. The van der Waals surface area contributed by atoms with E-state index in [2.05, 4.69) is 0 Å². The number of carbonyl (C=O) groups is 2. The molecule has 2 aliphatic heterocycles. The summed E-state index contributed by atoms with van der Waals surface area (Å²) in [5.41, 5.74) is 7.23. The highest BCUT2D eigenvalue weighted by Gasteiger charge is 2.31. The van der Waals surface area contributed by atoms with Crippen LogP contribution in [0.2, 0.25) is 0 Å². The molecule has 2 atom stereocenters. The first kappa shape index (κ1) is 14.8. The molecule has 1 aromatic carbocycles. The zero-order chi connectivity index (χ0) is 15.5. The molecule has 7 heteroatoms. The highest BCUT2D eigenvalue weighted by atomic mass is 16.6. The molecule has 0 bridgehead atoms. The summed E-state index contributed by atoms with van der Waals surface area (Å²) in [6, 6.07) is 7.25. The van der Waals surface area contributed by atoms with Crippen molar-refractivity contribution in [2.24, 2.45) is 5.73 Å². The Labute approximate surface area is 128 Å². The van der Waals surface area contributed by atoms with Crippen molar-refractivity contribution in [3.63, 3.8) is 0 Å². The number of hydrogen-bond acceptors (Lipinski definition) is 6. The number of carbonyl (C=O) groups excluding carboxylic acids is 2. The van der Waals surface area contributed by atoms with E-state index in [1.807, 2.05) is 29.2 Å². The maximum Gasteiger partial charge on any atom is 0.414 e. The van der Waals surface area contributed by atoms with Gasteiger partial charge in [0.25, 0.3) is 0 Å². The lowest BCUT2D eigenvalue weighted by atomic mass is 10.2. The molecule has 2 saturated heterocycles. The summed E-state index contributed by atoms with van der Waals surface area (Å²) < 4.78 is 10.5. The van der Waals surface area contributed by atoms with E-state index in [1.165, 1.54) is 0 Å². The van der Waals surface area contributed by atoms with Crippen LogP contribution in [0.4, 0.5) is 16.2 Å². The fraction of sp³-hybridized carbons (Fsp3) is 0.467. The lowest BCUT2D eigenvalue weighted by molar-refractivity contribution is -0.111. The van der Waals surface area contributed by atoms with Crippen LogP contribution in [0, 0.1) is 0 Å². The normalized spacial score (nSPS) is 25.2. The molecule has 2 aliphatic rings. The van der Waals surface area contributed by atoms with Gasteiger partial charge in [0.2, 0.25) is 0 Å². The molecule has 2 N–H and O–H groups in total. The minimum atomic E-state index is -0.375. The van der Waals surface area contributed by atoms with Crippen LogP contribution in [0.15, 0.2) is 24.3 Å². The quantitative estimate of drug-likeness (QED) is 0.809. The van der Waals surface area contributed by atoms with E-state index in [9.17, 15) is 9.59 Å². The number of aldehydes is 1. The minimum absolute atomic E-state index is 0.258. The van der Waals surface area contributed by atoms with Crippen molar-refractivity contribution >= 4 is 23.8 Å². The predicted molar refractivity (Wildman–Crippen MR) is 81.1 cm³/mol. The highest BCUT2D eigenvalue weighted by Crippen LogP contribution is 2.26. The van der Waals surface area contributed by atoms with Crippen LogP contribution in [0.5, 0.6) is 0 Å². The molecule has 22 heavy (non-hydrogen) atoms. The summed E-state index contributed by atoms with van der Waals surface area (Å²) >= 11 is 0. The molecule has 0 aliphatic carbocycles. The van der Waals surface area contributed by atoms with Crippen LogP contribution < -0.4 is 15.5 Å². The number of rotatable bonds is 4. The monoisotopic (exact) mass is 305 g/mol. The third kappa shape index (κ3) is 2.77. The van der Waals surface area contributed by atoms with Gasteiger partial charge in [-0.05, 0) is 24.3 Å². The van der Waals surface area contributed by atoms with E-state index >= 15 is 0 Å². The molecule has 2 fully saturated rings. The maximum absolute atomic E-state index is 11.8. The Kier molecular flexibility index (Phi) is 4.26. The average molecular weight is 305 g/mol. The molecule has 1 aromatic rings. The number of anilines is 2. The van der Waals surface area contributed by atoms with Gasteiger partial charge in [0.15, 0.2) is 0 Å². The van der Waals surface area contributed by atoms with E-state index in [1.54, 1.807) is 4.90 Å². The van der Waals surface area contributed by atoms with Gasteiger partial charge in [0, 0.05) is 24.5 Å². The Bertz CT molecular complexity index is 548. The lowest BCUT2D eigenvalue weighted by Gasteiger charge is -2.34. The first-order valence-electron chi connectivity index (χ1n) is 7.31.